The maximum atomic E-state index is 3.86. The van der Waals surface area contributed by atoms with Crippen LogP contribution >= 0.6 is 23.5 Å². The molecule has 0 aromatic carbocycles. The molecule has 0 amide bonds. The highest BCUT2D eigenvalue weighted by Gasteiger charge is 2.36. The summed E-state index contributed by atoms with van der Waals surface area (Å²) < 4.78 is 0. The van der Waals surface area contributed by atoms with Gasteiger partial charge in [-0.05, 0) is 31.2 Å². The first-order chi connectivity index (χ1) is 9.65. The Hall–Kier alpha value is 0.660. The molecule has 1 aliphatic heterocycles. The molecule has 0 spiro atoms. The van der Waals surface area contributed by atoms with Gasteiger partial charge in [-0.15, -0.1) is 0 Å². The van der Waals surface area contributed by atoms with Gasteiger partial charge in [-0.1, -0.05) is 47.0 Å². The van der Waals surface area contributed by atoms with E-state index in [2.05, 4.69) is 56.5 Å². The summed E-state index contributed by atoms with van der Waals surface area (Å²) in [6.45, 7) is 10.6. The van der Waals surface area contributed by atoms with Crippen LogP contribution in [0.1, 0.15) is 59.8 Å². The third-order valence-electron chi connectivity index (χ3n) is 5.39. The SMILES string of the molecule is CCNC(C1CCC(CC)CC1)C1CSC(C)C(C)S1. The maximum Gasteiger partial charge on any atom is 0.0297 e. The van der Waals surface area contributed by atoms with Crippen molar-refractivity contribution in [1.29, 1.82) is 0 Å². The highest BCUT2D eigenvalue weighted by molar-refractivity contribution is 8.07. The van der Waals surface area contributed by atoms with Gasteiger partial charge in [0, 0.05) is 27.5 Å². The summed E-state index contributed by atoms with van der Waals surface area (Å²) in [5, 5.41) is 6.32. The van der Waals surface area contributed by atoms with E-state index in [0.29, 0.717) is 0 Å². The predicted octanol–water partition coefficient (Wildman–Crippen LogP) is 4.81. The van der Waals surface area contributed by atoms with Crippen LogP contribution in [0.4, 0.5) is 0 Å². The van der Waals surface area contributed by atoms with E-state index in [-0.39, 0.29) is 0 Å². The summed E-state index contributed by atoms with van der Waals surface area (Å²) in [6, 6.07) is 0.755. The van der Waals surface area contributed by atoms with Crippen LogP contribution < -0.4 is 5.32 Å². The van der Waals surface area contributed by atoms with Crippen LogP contribution in [0.25, 0.3) is 0 Å². The van der Waals surface area contributed by atoms with Crippen LogP contribution in [-0.4, -0.2) is 34.1 Å². The van der Waals surface area contributed by atoms with Crippen LogP contribution in [-0.2, 0) is 0 Å². The molecule has 4 atom stereocenters. The predicted molar refractivity (Wildman–Crippen MR) is 96.0 cm³/mol. The lowest BCUT2D eigenvalue weighted by molar-refractivity contribution is 0.218. The number of hydrogen-bond donors (Lipinski definition) is 1. The molecule has 0 aromatic heterocycles. The molecule has 2 fully saturated rings. The van der Waals surface area contributed by atoms with E-state index in [0.717, 1.165) is 40.2 Å². The van der Waals surface area contributed by atoms with Crippen molar-refractivity contribution < 1.29 is 0 Å². The topological polar surface area (TPSA) is 12.0 Å². The number of hydrogen-bond acceptors (Lipinski definition) is 3. The van der Waals surface area contributed by atoms with E-state index >= 15 is 0 Å². The van der Waals surface area contributed by atoms with E-state index in [4.69, 9.17) is 0 Å². The van der Waals surface area contributed by atoms with Gasteiger partial charge < -0.3 is 5.32 Å². The van der Waals surface area contributed by atoms with Crippen molar-refractivity contribution in [2.75, 3.05) is 12.3 Å². The molecular weight excluding hydrogens is 282 g/mol. The first kappa shape index (κ1) is 17.0. The molecule has 2 rings (SSSR count). The number of nitrogens with one attached hydrogen (secondary N) is 1. The van der Waals surface area contributed by atoms with Crippen molar-refractivity contribution in [3.63, 3.8) is 0 Å². The van der Waals surface area contributed by atoms with E-state index in [1.807, 2.05) is 0 Å². The van der Waals surface area contributed by atoms with Crippen molar-refractivity contribution in [2.45, 2.75) is 81.6 Å². The summed E-state index contributed by atoms with van der Waals surface area (Å²) in [6.07, 6.45) is 7.25. The fourth-order valence-corrected chi connectivity index (χ4v) is 7.00. The molecule has 1 saturated carbocycles. The lowest BCUT2D eigenvalue weighted by atomic mass is 9.77. The first-order valence-electron chi connectivity index (χ1n) is 8.66. The van der Waals surface area contributed by atoms with E-state index < -0.39 is 0 Å². The second-order valence-electron chi connectivity index (χ2n) is 6.69. The van der Waals surface area contributed by atoms with E-state index in [9.17, 15) is 0 Å². The Morgan fingerprint density at radius 1 is 1.05 bits per heavy atom. The van der Waals surface area contributed by atoms with Gasteiger partial charge in [-0.3, -0.25) is 0 Å². The van der Waals surface area contributed by atoms with Gasteiger partial charge in [0.2, 0.25) is 0 Å². The van der Waals surface area contributed by atoms with Crippen molar-refractivity contribution in [1.82, 2.24) is 5.32 Å². The average molecular weight is 316 g/mol. The van der Waals surface area contributed by atoms with Crippen LogP contribution in [0.2, 0.25) is 0 Å². The Balaban J connectivity index is 1.93. The zero-order valence-corrected chi connectivity index (χ0v) is 15.4. The lowest BCUT2D eigenvalue weighted by Gasteiger charge is -2.42. The molecule has 1 saturated heterocycles. The zero-order valence-electron chi connectivity index (χ0n) is 13.7. The third-order valence-corrected chi connectivity index (χ3v) is 8.91. The van der Waals surface area contributed by atoms with Gasteiger partial charge in [0.25, 0.3) is 0 Å². The maximum absolute atomic E-state index is 3.86. The molecule has 0 radical (unpaired) electrons. The Morgan fingerprint density at radius 3 is 2.30 bits per heavy atom. The second-order valence-corrected chi connectivity index (χ2v) is 9.72. The van der Waals surface area contributed by atoms with Crippen LogP contribution in [0.15, 0.2) is 0 Å². The first-order valence-corrected chi connectivity index (χ1v) is 10.6. The molecule has 0 bridgehead atoms. The molecule has 20 heavy (non-hydrogen) atoms. The van der Waals surface area contributed by atoms with Crippen molar-refractivity contribution in [3.8, 4) is 0 Å². The third kappa shape index (κ3) is 4.33. The Morgan fingerprint density at radius 2 is 1.75 bits per heavy atom. The molecule has 118 valence electrons. The molecular formula is C17H33NS2. The quantitative estimate of drug-likeness (QED) is 0.782. The summed E-state index contributed by atoms with van der Waals surface area (Å²) in [5.74, 6) is 3.29. The Kier molecular flexibility index (Phi) is 7.09. The minimum Gasteiger partial charge on any atom is -0.313 e. The smallest absolute Gasteiger partial charge is 0.0297 e. The van der Waals surface area contributed by atoms with Crippen LogP contribution in [0, 0.1) is 11.8 Å². The molecule has 1 N–H and O–H groups in total. The normalized spacial score (nSPS) is 40.5. The Bertz CT molecular complexity index is 276. The summed E-state index contributed by atoms with van der Waals surface area (Å²) in [7, 11) is 0. The van der Waals surface area contributed by atoms with E-state index in [1.54, 1.807) is 0 Å². The summed E-state index contributed by atoms with van der Waals surface area (Å²) >= 11 is 4.46. The van der Waals surface area contributed by atoms with Crippen molar-refractivity contribution in [2.24, 2.45) is 11.8 Å². The summed E-state index contributed by atoms with van der Waals surface area (Å²) in [5.41, 5.74) is 0. The van der Waals surface area contributed by atoms with Gasteiger partial charge in [0.05, 0.1) is 0 Å². The molecule has 1 aliphatic carbocycles. The van der Waals surface area contributed by atoms with Crippen molar-refractivity contribution >= 4 is 23.5 Å². The molecule has 1 heterocycles. The van der Waals surface area contributed by atoms with E-state index in [1.165, 1.54) is 37.9 Å². The van der Waals surface area contributed by atoms with Gasteiger partial charge in [-0.25, -0.2) is 0 Å². The van der Waals surface area contributed by atoms with Gasteiger partial charge in [-0.2, -0.15) is 23.5 Å². The molecule has 1 nitrogen and oxygen atoms in total. The average Bonchev–Trinajstić information content (AvgIpc) is 2.48. The molecule has 3 heteroatoms. The second kappa shape index (κ2) is 8.33. The molecule has 2 aliphatic rings. The largest absolute Gasteiger partial charge is 0.313 e. The number of rotatable bonds is 5. The standard InChI is InChI=1S/C17H33NS2/c1-5-14-7-9-15(10-8-14)17(18-6-2)16-11-19-12(3)13(4)20-16/h12-18H,5-11H2,1-4H3. The van der Waals surface area contributed by atoms with Crippen molar-refractivity contribution in [3.05, 3.63) is 0 Å². The van der Waals surface area contributed by atoms with Crippen LogP contribution in [0.3, 0.4) is 0 Å². The fraction of sp³-hybridized carbons (Fsp3) is 1.00. The zero-order chi connectivity index (χ0) is 14.5. The fourth-order valence-electron chi connectivity index (χ4n) is 3.79. The van der Waals surface area contributed by atoms with Crippen LogP contribution in [0.5, 0.6) is 0 Å². The number of thioether (sulfide) groups is 2. The Labute approximate surface area is 134 Å². The summed E-state index contributed by atoms with van der Waals surface area (Å²) in [4.78, 5) is 0. The molecule has 4 unspecified atom stereocenters. The lowest BCUT2D eigenvalue weighted by Crippen LogP contribution is -2.48. The van der Waals surface area contributed by atoms with Gasteiger partial charge >= 0.3 is 0 Å². The molecule has 0 aromatic rings. The highest BCUT2D eigenvalue weighted by Crippen LogP contribution is 2.41. The minimum atomic E-state index is 0.755. The highest BCUT2D eigenvalue weighted by atomic mass is 32.2. The minimum absolute atomic E-state index is 0.755. The van der Waals surface area contributed by atoms with Gasteiger partial charge in [0.1, 0.15) is 0 Å². The monoisotopic (exact) mass is 315 g/mol. The van der Waals surface area contributed by atoms with Gasteiger partial charge in [0.15, 0.2) is 0 Å².